The van der Waals surface area contributed by atoms with Gasteiger partial charge in [0.2, 0.25) is 17.6 Å². The zero-order valence-electron chi connectivity index (χ0n) is 25.5. The van der Waals surface area contributed by atoms with Gasteiger partial charge in [-0.15, -0.1) is 10.2 Å². The van der Waals surface area contributed by atoms with Crippen molar-refractivity contribution in [2.45, 2.75) is 44.7 Å². The third-order valence-corrected chi connectivity index (χ3v) is 7.86. The van der Waals surface area contributed by atoms with E-state index in [1.54, 1.807) is 56.3 Å². The second-order valence-electron chi connectivity index (χ2n) is 11.1. The highest BCUT2D eigenvalue weighted by atomic mass is 19.1. The van der Waals surface area contributed by atoms with Crippen LogP contribution in [-0.4, -0.2) is 63.9 Å². The fourth-order valence-corrected chi connectivity index (χ4v) is 5.36. The van der Waals surface area contributed by atoms with Crippen molar-refractivity contribution in [1.82, 2.24) is 25.1 Å². The molecule has 1 fully saturated rings. The third-order valence-electron chi connectivity index (χ3n) is 7.86. The number of rotatable bonds is 10. The highest BCUT2D eigenvalue weighted by molar-refractivity contribution is 5.98. The maximum Gasteiger partial charge on any atom is 0.411 e. The van der Waals surface area contributed by atoms with Gasteiger partial charge in [0, 0.05) is 18.8 Å². The summed E-state index contributed by atoms with van der Waals surface area (Å²) in [5, 5.41) is 13.3. The molecule has 1 aliphatic heterocycles. The van der Waals surface area contributed by atoms with Crippen molar-refractivity contribution in [2.24, 2.45) is 5.92 Å². The normalized spacial score (nSPS) is 14.8. The molecule has 46 heavy (non-hydrogen) atoms. The first-order valence-electron chi connectivity index (χ1n) is 14.6. The summed E-state index contributed by atoms with van der Waals surface area (Å²) >= 11 is 0. The molecular formula is C32H33FN6O7. The van der Waals surface area contributed by atoms with Gasteiger partial charge in [-0.1, -0.05) is 56.3 Å². The molecule has 4 aromatic rings. The van der Waals surface area contributed by atoms with Crippen LogP contribution in [0, 0.1) is 11.7 Å². The monoisotopic (exact) mass is 632 g/mol. The molecule has 2 amide bonds. The number of Topliss-reactive ketones (excluding diaryl/α,β-unsaturated/α-hetero) is 1. The number of benzene rings is 2. The van der Waals surface area contributed by atoms with Gasteiger partial charge in [0.05, 0.1) is 24.8 Å². The van der Waals surface area contributed by atoms with Gasteiger partial charge in [-0.3, -0.25) is 24.3 Å². The zero-order valence-corrected chi connectivity index (χ0v) is 25.5. The van der Waals surface area contributed by atoms with Crippen LogP contribution in [0.5, 0.6) is 0 Å². The molecule has 2 N–H and O–H groups in total. The quantitative estimate of drug-likeness (QED) is 0.246. The molecule has 2 aromatic heterocycles. The molecule has 0 unspecified atom stereocenters. The van der Waals surface area contributed by atoms with E-state index < -0.39 is 47.3 Å². The lowest BCUT2D eigenvalue weighted by Gasteiger charge is -2.34. The molecule has 5 rings (SSSR count). The number of halogens is 1. The number of anilines is 1. The predicted molar refractivity (Wildman–Crippen MR) is 163 cm³/mol. The van der Waals surface area contributed by atoms with Crippen molar-refractivity contribution in [3.63, 3.8) is 0 Å². The Hall–Kier alpha value is -5.24. The van der Waals surface area contributed by atoms with Gasteiger partial charge in [0.25, 0.3) is 11.4 Å². The summed E-state index contributed by atoms with van der Waals surface area (Å²) in [6, 6.07) is 13.6. The summed E-state index contributed by atoms with van der Waals surface area (Å²) in [4.78, 5) is 56.6. The van der Waals surface area contributed by atoms with E-state index in [-0.39, 0.29) is 29.1 Å². The van der Waals surface area contributed by atoms with E-state index in [9.17, 15) is 23.6 Å². The molecule has 14 heteroatoms. The van der Waals surface area contributed by atoms with Crippen molar-refractivity contribution >= 4 is 23.5 Å². The van der Waals surface area contributed by atoms with Crippen LogP contribution < -0.4 is 16.2 Å². The molecule has 0 spiro atoms. The summed E-state index contributed by atoms with van der Waals surface area (Å²) < 4.78 is 30.9. The van der Waals surface area contributed by atoms with Crippen molar-refractivity contribution < 1.29 is 32.7 Å². The van der Waals surface area contributed by atoms with E-state index in [4.69, 9.17) is 9.15 Å². The minimum atomic E-state index is -1.09. The first kappa shape index (κ1) is 32.2. The second kappa shape index (κ2) is 13.8. The molecule has 0 radical (unpaired) electrons. The Labute approximate surface area is 263 Å². The first-order valence-corrected chi connectivity index (χ1v) is 14.6. The summed E-state index contributed by atoms with van der Waals surface area (Å²) in [6.07, 6.45) is 1.26. The Morgan fingerprint density at radius 3 is 2.39 bits per heavy atom. The number of aromatic nitrogens is 4. The Morgan fingerprint density at radius 2 is 1.74 bits per heavy atom. The number of nitrogens with one attached hydrogen (secondary N) is 2. The first-order chi connectivity index (χ1) is 22.1. The number of hydrogen-bond donors (Lipinski definition) is 2. The highest BCUT2D eigenvalue weighted by Crippen LogP contribution is 2.40. The standard InChI is InChI=1S/C32H33FN6O7/c1-19(2)25(26(41)28-37-38-30(46-28)32(13-15-45-16-14-32)21-9-11-22(33)12-10-21)36-24(40)18-39-27(20-7-5-4-6-8-20)34-17-23(29(39)42)35-31(43)44-3/h4-12,17,19,25H,13-16,18H2,1-3H3,(H,35,43)(H,36,40)/t25-/m0/s1. The van der Waals surface area contributed by atoms with E-state index in [0.717, 1.165) is 17.2 Å². The second-order valence-corrected chi connectivity index (χ2v) is 11.1. The number of nitrogens with zero attached hydrogens (tertiary/aromatic N) is 4. The van der Waals surface area contributed by atoms with Gasteiger partial charge in [-0.25, -0.2) is 14.2 Å². The highest BCUT2D eigenvalue weighted by Gasteiger charge is 2.42. The minimum Gasteiger partial charge on any atom is -0.453 e. The summed E-state index contributed by atoms with van der Waals surface area (Å²) in [5.74, 6) is -2.00. The van der Waals surface area contributed by atoms with Crippen molar-refractivity contribution in [3.8, 4) is 11.4 Å². The summed E-state index contributed by atoms with van der Waals surface area (Å²) in [7, 11) is 1.15. The molecule has 2 aromatic carbocycles. The van der Waals surface area contributed by atoms with Crippen LogP contribution in [0.15, 0.2) is 70.0 Å². The number of carbonyl (C=O) groups excluding carboxylic acids is 3. The Kier molecular flexibility index (Phi) is 9.66. The molecule has 3 heterocycles. The maximum atomic E-state index is 13.7. The van der Waals surface area contributed by atoms with Crippen LogP contribution in [0.1, 0.15) is 48.8 Å². The zero-order chi connectivity index (χ0) is 32.8. The van der Waals surface area contributed by atoms with Gasteiger partial charge in [0.15, 0.2) is 0 Å². The Morgan fingerprint density at radius 1 is 1.04 bits per heavy atom. The topological polar surface area (TPSA) is 168 Å². The van der Waals surface area contributed by atoms with Crippen LogP contribution in [-0.2, 0) is 26.2 Å². The smallest absolute Gasteiger partial charge is 0.411 e. The molecule has 1 saturated heterocycles. The molecular weight excluding hydrogens is 599 g/mol. The predicted octanol–water partition coefficient (Wildman–Crippen LogP) is 3.73. The number of ether oxygens (including phenoxy) is 2. The number of carbonyl (C=O) groups is 3. The van der Waals surface area contributed by atoms with Crippen molar-refractivity contribution in [3.05, 3.63) is 94.3 Å². The molecule has 240 valence electrons. The SMILES string of the molecule is COC(=O)Nc1cnc(-c2ccccc2)n(CC(=O)N[C@H](C(=O)c2nnc(C3(c4ccc(F)cc4)CCOCC3)o2)C(C)C)c1=O. The van der Waals surface area contributed by atoms with E-state index >= 15 is 0 Å². The van der Waals surface area contributed by atoms with Gasteiger partial charge in [0.1, 0.15) is 23.9 Å². The lowest BCUT2D eigenvalue weighted by atomic mass is 9.74. The Balaban J connectivity index is 1.41. The lowest BCUT2D eigenvalue weighted by molar-refractivity contribution is -0.122. The van der Waals surface area contributed by atoms with Crippen LogP contribution in [0.3, 0.4) is 0 Å². The molecule has 0 aliphatic carbocycles. The molecule has 1 aliphatic rings. The fraction of sp³-hybridized carbons (Fsp3) is 0.344. The average molecular weight is 633 g/mol. The van der Waals surface area contributed by atoms with E-state index in [0.29, 0.717) is 31.6 Å². The van der Waals surface area contributed by atoms with Crippen LogP contribution in [0.25, 0.3) is 11.4 Å². The molecule has 0 bridgehead atoms. The number of hydrogen-bond acceptors (Lipinski definition) is 10. The van der Waals surface area contributed by atoms with Crippen LogP contribution >= 0.6 is 0 Å². The summed E-state index contributed by atoms with van der Waals surface area (Å²) in [5.41, 5.74) is -0.372. The van der Waals surface area contributed by atoms with Gasteiger partial charge in [-0.05, 0) is 36.5 Å². The Bertz CT molecular complexity index is 1770. The molecule has 13 nitrogen and oxygen atoms in total. The fourth-order valence-electron chi connectivity index (χ4n) is 5.36. The van der Waals surface area contributed by atoms with Crippen LogP contribution in [0.4, 0.5) is 14.9 Å². The number of ketones is 1. The molecule has 1 atom stereocenters. The third kappa shape index (κ3) is 6.71. The largest absolute Gasteiger partial charge is 0.453 e. The van der Waals surface area contributed by atoms with Crippen molar-refractivity contribution in [1.29, 1.82) is 0 Å². The van der Waals surface area contributed by atoms with E-state index in [1.807, 2.05) is 0 Å². The maximum absolute atomic E-state index is 13.7. The number of amides is 2. The van der Waals surface area contributed by atoms with Crippen molar-refractivity contribution in [2.75, 3.05) is 25.6 Å². The average Bonchev–Trinajstić information content (AvgIpc) is 3.57. The van der Waals surface area contributed by atoms with Crippen LogP contribution in [0.2, 0.25) is 0 Å². The van der Waals surface area contributed by atoms with Gasteiger partial charge >= 0.3 is 6.09 Å². The van der Waals surface area contributed by atoms with Gasteiger partial charge < -0.3 is 19.2 Å². The lowest BCUT2D eigenvalue weighted by Crippen LogP contribution is -2.46. The van der Waals surface area contributed by atoms with E-state index in [1.165, 1.54) is 18.3 Å². The summed E-state index contributed by atoms with van der Waals surface area (Å²) in [6.45, 7) is 3.77. The molecule has 0 saturated carbocycles. The van der Waals surface area contributed by atoms with E-state index in [2.05, 4.69) is 30.6 Å². The van der Waals surface area contributed by atoms with Gasteiger partial charge in [-0.2, -0.15) is 0 Å². The minimum absolute atomic E-state index is 0.174. The number of methoxy groups -OCH3 is 1.